The van der Waals surface area contributed by atoms with E-state index in [1.165, 1.54) is 13.2 Å². The van der Waals surface area contributed by atoms with Gasteiger partial charge in [-0.2, -0.15) is 5.10 Å². The van der Waals surface area contributed by atoms with Crippen molar-refractivity contribution in [1.29, 1.82) is 0 Å². The lowest BCUT2D eigenvalue weighted by molar-refractivity contribution is -0.134. The SMILES string of the molecule is COC(=O)/C=C/c1ccnn1C. The number of methoxy groups -OCH3 is 1. The molecule has 4 nitrogen and oxygen atoms in total. The van der Waals surface area contributed by atoms with E-state index in [1.54, 1.807) is 30.1 Å². The minimum atomic E-state index is -0.365. The van der Waals surface area contributed by atoms with Crippen molar-refractivity contribution < 1.29 is 9.53 Å². The van der Waals surface area contributed by atoms with E-state index >= 15 is 0 Å². The van der Waals surface area contributed by atoms with Crippen LogP contribution >= 0.6 is 0 Å². The van der Waals surface area contributed by atoms with Crippen molar-refractivity contribution in [3.8, 4) is 0 Å². The zero-order valence-electron chi connectivity index (χ0n) is 7.02. The van der Waals surface area contributed by atoms with Crippen LogP contribution < -0.4 is 0 Å². The summed E-state index contributed by atoms with van der Waals surface area (Å²) in [6, 6.07) is 1.80. The predicted molar refractivity (Wildman–Crippen MR) is 44.3 cm³/mol. The second-order valence-corrected chi connectivity index (χ2v) is 2.24. The van der Waals surface area contributed by atoms with Crippen LogP contribution in [0.15, 0.2) is 18.3 Å². The fourth-order valence-electron chi connectivity index (χ4n) is 0.769. The van der Waals surface area contributed by atoms with E-state index in [0.717, 1.165) is 5.69 Å². The molecule has 12 heavy (non-hydrogen) atoms. The highest BCUT2D eigenvalue weighted by Gasteiger charge is 1.94. The second kappa shape index (κ2) is 3.71. The maximum atomic E-state index is 10.7. The zero-order valence-corrected chi connectivity index (χ0v) is 7.02. The Bertz CT molecular complexity index is 302. The van der Waals surface area contributed by atoms with E-state index in [1.807, 2.05) is 0 Å². The summed E-state index contributed by atoms with van der Waals surface area (Å²) in [6.07, 6.45) is 4.67. The maximum Gasteiger partial charge on any atom is 0.330 e. The van der Waals surface area contributed by atoms with Gasteiger partial charge in [0.1, 0.15) is 0 Å². The van der Waals surface area contributed by atoms with Crippen molar-refractivity contribution in [2.75, 3.05) is 7.11 Å². The number of hydrogen-bond acceptors (Lipinski definition) is 3. The maximum absolute atomic E-state index is 10.7. The summed E-state index contributed by atoms with van der Waals surface area (Å²) < 4.78 is 6.10. The standard InChI is InChI=1S/C8H10N2O2/c1-10-7(5-6-9-10)3-4-8(11)12-2/h3-6H,1-2H3/b4-3+. The fourth-order valence-corrected chi connectivity index (χ4v) is 0.769. The summed E-state index contributed by atoms with van der Waals surface area (Å²) in [4.78, 5) is 10.7. The third kappa shape index (κ3) is 1.95. The Balaban J connectivity index is 2.69. The zero-order chi connectivity index (χ0) is 8.97. The Morgan fingerprint density at radius 2 is 2.50 bits per heavy atom. The second-order valence-electron chi connectivity index (χ2n) is 2.24. The molecule has 1 aromatic rings. The summed E-state index contributed by atoms with van der Waals surface area (Å²) in [5.74, 6) is -0.365. The molecule has 1 aromatic heterocycles. The molecule has 0 N–H and O–H groups in total. The molecule has 0 aliphatic rings. The van der Waals surface area contributed by atoms with Crippen molar-refractivity contribution in [3.63, 3.8) is 0 Å². The molecule has 64 valence electrons. The Morgan fingerprint density at radius 3 is 3.00 bits per heavy atom. The predicted octanol–water partition coefficient (Wildman–Crippen LogP) is 0.606. The third-order valence-electron chi connectivity index (χ3n) is 1.45. The molecule has 0 fully saturated rings. The Morgan fingerprint density at radius 1 is 1.75 bits per heavy atom. The average molecular weight is 166 g/mol. The number of ether oxygens (including phenoxy) is 1. The third-order valence-corrected chi connectivity index (χ3v) is 1.45. The molecule has 0 saturated carbocycles. The highest BCUT2D eigenvalue weighted by atomic mass is 16.5. The lowest BCUT2D eigenvalue weighted by Crippen LogP contribution is -1.96. The highest BCUT2D eigenvalue weighted by molar-refractivity contribution is 5.86. The van der Waals surface area contributed by atoms with E-state index in [2.05, 4.69) is 9.84 Å². The Kier molecular flexibility index (Phi) is 2.63. The topological polar surface area (TPSA) is 44.1 Å². The summed E-state index contributed by atoms with van der Waals surface area (Å²) in [6.45, 7) is 0. The van der Waals surface area contributed by atoms with Gasteiger partial charge in [0.15, 0.2) is 0 Å². The van der Waals surface area contributed by atoms with Crippen LogP contribution in [0, 0.1) is 0 Å². The molecule has 0 radical (unpaired) electrons. The number of carbonyl (C=O) groups is 1. The lowest BCUT2D eigenvalue weighted by Gasteiger charge is -1.92. The summed E-state index contributed by atoms with van der Waals surface area (Å²) in [5, 5.41) is 3.93. The van der Waals surface area contributed by atoms with E-state index in [9.17, 15) is 4.79 Å². The van der Waals surface area contributed by atoms with Crippen LogP contribution in [0.5, 0.6) is 0 Å². The molecule has 1 rings (SSSR count). The largest absolute Gasteiger partial charge is 0.466 e. The lowest BCUT2D eigenvalue weighted by atomic mass is 10.4. The smallest absolute Gasteiger partial charge is 0.330 e. The van der Waals surface area contributed by atoms with Crippen LogP contribution in [-0.2, 0) is 16.6 Å². The van der Waals surface area contributed by atoms with Crippen molar-refractivity contribution in [3.05, 3.63) is 24.0 Å². The quantitative estimate of drug-likeness (QED) is 0.477. The van der Waals surface area contributed by atoms with Crippen LogP contribution in [-0.4, -0.2) is 22.9 Å². The number of hydrogen-bond donors (Lipinski definition) is 0. The van der Waals surface area contributed by atoms with Gasteiger partial charge < -0.3 is 4.74 Å². The average Bonchev–Trinajstić information content (AvgIpc) is 2.47. The number of aromatic nitrogens is 2. The molecule has 0 aromatic carbocycles. The normalized spacial score (nSPS) is 10.5. The fraction of sp³-hybridized carbons (Fsp3) is 0.250. The van der Waals surface area contributed by atoms with E-state index < -0.39 is 0 Å². The molecule has 0 saturated heterocycles. The number of nitrogens with zero attached hydrogens (tertiary/aromatic N) is 2. The van der Waals surface area contributed by atoms with Crippen molar-refractivity contribution in [2.45, 2.75) is 0 Å². The summed E-state index contributed by atoms with van der Waals surface area (Å²) in [7, 11) is 3.15. The van der Waals surface area contributed by atoms with Gasteiger partial charge in [0, 0.05) is 19.3 Å². The molecular formula is C8H10N2O2. The monoisotopic (exact) mass is 166 g/mol. The first-order valence-electron chi connectivity index (χ1n) is 3.48. The number of rotatable bonds is 2. The van der Waals surface area contributed by atoms with Gasteiger partial charge in [0.25, 0.3) is 0 Å². The number of esters is 1. The molecule has 0 bridgehead atoms. The van der Waals surface area contributed by atoms with E-state index in [-0.39, 0.29) is 5.97 Å². The van der Waals surface area contributed by atoms with Crippen LogP contribution in [0.4, 0.5) is 0 Å². The molecular weight excluding hydrogens is 156 g/mol. The molecule has 0 aliphatic heterocycles. The van der Waals surface area contributed by atoms with Gasteiger partial charge in [-0.3, -0.25) is 4.68 Å². The molecule has 1 heterocycles. The van der Waals surface area contributed by atoms with Crippen LogP contribution in [0.1, 0.15) is 5.69 Å². The molecule has 4 heteroatoms. The minimum absolute atomic E-state index is 0.365. The van der Waals surface area contributed by atoms with Crippen molar-refractivity contribution >= 4 is 12.0 Å². The van der Waals surface area contributed by atoms with Crippen molar-refractivity contribution in [1.82, 2.24) is 9.78 Å². The first kappa shape index (κ1) is 8.52. The van der Waals surface area contributed by atoms with Gasteiger partial charge in [0.05, 0.1) is 12.8 Å². The number of carbonyl (C=O) groups excluding carboxylic acids is 1. The van der Waals surface area contributed by atoms with Gasteiger partial charge >= 0.3 is 5.97 Å². The van der Waals surface area contributed by atoms with Crippen LogP contribution in [0.2, 0.25) is 0 Å². The van der Waals surface area contributed by atoms with Crippen molar-refractivity contribution in [2.24, 2.45) is 7.05 Å². The van der Waals surface area contributed by atoms with Gasteiger partial charge in [-0.15, -0.1) is 0 Å². The van der Waals surface area contributed by atoms with Gasteiger partial charge in [-0.25, -0.2) is 4.79 Å². The van der Waals surface area contributed by atoms with Crippen LogP contribution in [0.25, 0.3) is 6.08 Å². The summed E-state index contributed by atoms with van der Waals surface area (Å²) >= 11 is 0. The van der Waals surface area contributed by atoms with E-state index in [0.29, 0.717) is 0 Å². The Labute approximate surface area is 70.4 Å². The van der Waals surface area contributed by atoms with Crippen LogP contribution in [0.3, 0.4) is 0 Å². The highest BCUT2D eigenvalue weighted by Crippen LogP contribution is 1.98. The van der Waals surface area contributed by atoms with Gasteiger partial charge in [-0.1, -0.05) is 0 Å². The Hall–Kier alpha value is -1.58. The van der Waals surface area contributed by atoms with Gasteiger partial charge in [-0.05, 0) is 12.1 Å². The van der Waals surface area contributed by atoms with Gasteiger partial charge in [0.2, 0.25) is 0 Å². The minimum Gasteiger partial charge on any atom is -0.466 e. The summed E-state index contributed by atoms with van der Waals surface area (Å²) in [5.41, 5.74) is 0.861. The molecule has 0 unspecified atom stereocenters. The molecule has 0 atom stereocenters. The first-order valence-corrected chi connectivity index (χ1v) is 3.48. The number of aryl methyl sites for hydroxylation is 1. The molecule has 0 aliphatic carbocycles. The first-order chi connectivity index (χ1) is 5.74. The molecule has 0 amide bonds. The van der Waals surface area contributed by atoms with E-state index in [4.69, 9.17) is 0 Å². The molecule has 0 spiro atoms.